The van der Waals surface area contributed by atoms with Gasteiger partial charge in [-0.15, -0.1) is 0 Å². The van der Waals surface area contributed by atoms with Gasteiger partial charge in [0.1, 0.15) is 5.75 Å². The molecule has 0 aliphatic carbocycles. The quantitative estimate of drug-likeness (QED) is 0.884. The summed E-state index contributed by atoms with van der Waals surface area (Å²) in [6.07, 6.45) is -0.554. The maximum atomic E-state index is 12.2. The van der Waals surface area contributed by atoms with Crippen molar-refractivity contribution < 1.29 is 9.53 Å². The summed E-state index contributed by atoms with van der Waals surface area (Å²) in [5.41, 5.74) is 4.34. The maximum Gasteiger partial charge on any atom is 0.261 e. The highest BCUT2D eigenvalue weighted by molar-refractivity contribution is 6.30. The molecule has 4 heteroatoms. The molecule has 3 nitrogen and oxygen atoms in total. The van der Waals surface area contributed by atoms with Crippen molar-refractivity contribution in [2.24, 2.45) is 0 Å². The Morgan fingerprint density at radius 1 is 1.17 bits per heavy atom. The van der Waals surface area contributed by atoms with Gasteiger partial charge >= 0.3 is 0 Å². The lowest BCUT2D eigenvalue weighted by atomic mass is 10.1. The predicted molar refractivity (Wildman–Crippen MR) is 94.0 cm³/mol. The van der Waals surface area contributed by atoms with Gasteiger partial charge in [0, 0.05) is 11.6 Å². The predicted octanol–water partition coefficient (Wildman–Crippen LogP) is 4.35. The Morgan fingerprint density at radius 3 is 2.48 bits per heavy atom. The van der Waals surface area contributed by atoms with Crippen molar-refractivity contribution >= 4 is 17.5 Å². The Morgan fingerprint density at radius 2 is 1.83 bits per heavy atom. The molecule has 1 N–H and O–H groups in total. The number of benzene rings is 2. The Balaban J connectivity index is 1.96. The number of ether oxygens (including phenoxy) is 1. The second kappa shape index (κ2) is 7.51. The van der Waals surface area contributed by atoms with Gasteiger partial charge in [0.15, 0.2) is 6.10 Å². The Labute approximate surface area is 142 Å². The van der Waals surface area contributed by atoms with Crippen LogP contribution in [0, 0.1) is 20.8 Å². The van der Waals surface area contributed by atoms with Crippen LogP contribution in [0.5, 0.6) is 5.75 Å². The number of halogens is 1. The molecule has 0 spiro atoms. The van der Waals surface area contributed by atoms with E-state index >= 15 is 0 Å². The van der Waals surface area contributed by atoms with E-state index < -0.39 is 6.10 Å². The van der Waals surface area contributed by atoms with Crippen molar-refractivity contribution in [3.63, 3.8) is 0 Å². The van der Waals surface area contributed by atoms with Crippen LogP contribution in [-0.4, -0.2) is 12.0 Å². The second-order valence-corrected chi connectivity index (χ2v) is 6.25. The Bertz CT molecular complexity index is 695. The first kappa shape index (κ1) is 17.4. The molecule has 0 fully saturated rings. The third-order valence-corrected chi connectivity index (χ3v) is 4.07. The Kier molecular flexibility index (Phi) is 5.67. The summed E-state index contributed by atoms with van der Waals surface area (Å²) in [4.78, 5) is 12.2. The summed E-state index contributed by atoms with van der Waals surface area (Å²) in [6.45, 7) is 8.28. The lowest BCUT2D eigenvalue weighted by Gasteiger charge is -2.18. The molecule has 122 valence electrons. The molecule has 0 bridgehead atoms. The first-order valence-electron chi connectivity index (χ1n) is 7.63. The standard InChI is InChI=1S/C19H22ClNO2/c1-12-9-13(2)14(3)18(10-12)23-15(4)19(22)21-11-16-5-7-17(20)8-6-16/h5-10,15H,11H2,1-4H3,(H,21,22). The van der Waals surface area contributed by atoms with E-state index in [1.165, 1.54) is 0 Å². The fourth-order valence-corrected chi connectivity index (χ4v) is 2.43. The van der Waals surface area contributed by atoms with Gasteiger partial charge in [0.2, 0.25) is 0 Å². The van der Waals surface area contributed by atoms with Crippen LogP contribution in [0.1, 0.15) is 29.2 Å². The summed E-state index contributed by atoms with van der Waals surface area (Å²) in [5.74, 6) is 0.621. The largest absolute Gasteiger partial charge is 0.481 e. The molecule has 23 heavy (non-hydrogen) atoms. The molecule has 0 saturated carbocycles. The molecule has 0 heterocycles. The fourth-order valence-electron chi connectivity index (χ4n) is 2.30. The smallest absolute Gasteiger partial charge is 0.261 e. The topological polar surface area (TPSA) is 38.3 Å². The van der Waals surface area contributed by atoms with Gasteiger partial charge in [-0.2, -0.15) is 0 Å². The molecular formula is C19H22ClNO2. The van der Waals surface area contributed by atoms with Gasteiger partial charge in [-0.05, 0) is 68.1 Å². The van der Waals surface area contributed by atoms with E-state index in [4.69, 9.17) is 16.3 Å². The van der Waals surface area contributed by atoms with E-state index in [9.17, 15) is 4.79 Å². The van der Waals surface area contributed by atoms with Gasteiger partial charge in [0.25, 0.3) is 5.91 Å². The maximum absolute atomic E-state index is 12.2. The lowest BCUT2D eigenvalue weighted by Crippen LogP contribution is -2.36. The summed E-state index contributed by atoms with van der Waals surface area (Å²) >= 11 is 5.85. The summed E-state index contributed by atoms with van der Waals surface area (Å²) < 4.78 is 5.84. The van der Waals surface area contributed by atoms with Crippen LogP contribution in [-0.2, 0) is 11.3 Å². The molecule has 2 aromatic carbocycles. The molecule has 0 saturated heterocycles. The molecule has 2 rings (SSSR count). The van der Waals surface area contributed by atoms with Gasteiger partial charge in [0.05, 0.1) is 0 Å². The molecule has 1 unspecified atom stereocenters. The van der Waals surface area contributed by atoms with E-state index in [1.807, 2.05) is 51.1 Å². The van der Waals surface area contributed by atoms with Crippen molar-refractivity contribution in [1.29, 1.82) is 0 Å². The zero-order valence-corrected chi connectivity index (χ0v) is 14.7. The highest BCUT2D eigenvalue weighted by atomic mass is 35.5. The number of carbonyl (C=O) groups is 1. The van der Waals surface area contributed by atoms with Crippen LogP contribution in [0.25, 0.3) is 0 Å². The minimum Gasteiger partial charge on any atom is -0.481 e. The third-order valence-electron chi connectivity index (χ3n) is 3.82. The SMILES string of the molecule is Cc1cc(C)c(C)c(OC(C)C(=O)NCc2ccc(Cl)cc2)c1. The van der Waals surface area contributed by atoms with E-state index in [2.05, 4.69) is 11.4 Å². The molecule has 0 radical (unpaired) electrons. The first-order valence-corrected chi connectivity index (χ1v) is 8.01. The molecule has 0 aliphatic rings. The summed E-state index contributed by atoms with van der Waals surface area (Å²) in [5, 5.41) is 3.56. The zero-order chi connectivity index (χ0) is 17.0. The van der Waals surface area contributed by atoms with Crippen LogP contribution >= 0.6 is 11.6 Å². The average molecular weight is 332 g/mol. The van der Waals surface area contributed by atoms with Gasteiger partial charge in [-0.3, -0.25) is 4.79 Å². The molecule has 0 aliphatic heterocycles. The number of hydrogen-bond donors (Lipinski definition) is 1. The molecular weight excluding hydrogens is 310 g/mol. The minimum absolute atomic E-state index is 0.140. The van der Waals surface area contributed by atoms with E-state index in [0.717, 1.165) is 28.0 Å². The molecule has 1 atom stereocenters. The van der Waals surface area contributed by atoms with Crippen molar-refractivity contribution in [1.82, 2.24) is 5.32 Å². The van der Waals surface area contributed by atoms with Crippen molar-refractivity contribution in [3.05, 3.63) is 63.7 Å². The average Bonchev–Trinajstić information content (AvgIpc) is 2.51. The number of carbonyl (C=O) groups excluding carboxylic acids is 1. The van der Waals surface area contributed by atoms with Crippen molar-refractivity contribution in [2.75, 3.05) is 0 Å². The number of amides is 1. The van der Waals surface area contributed by atoms with Crippen molar-refractivity contribution in [3.8, 4) is 5.75 Å². The highest BCUT2D eigenvalue weighted by Gasteiger charge is 2.16. The molecule has 1 amide bonds. The fraction of sp³-hybridized carbons (Fsp3) is 0.316. The first-order chi connectivity index (χ1) is 10.9. The van der Waals surface area contributed by atoms with E-state index in [1.54, 1.807) is 6.92 Å². The number of rotatable bonds is 5. The lowest BCUT2D eigenvalue weighted by molar-refractivity contribution is -0.127. The highest BCUT2D eigenvalue weighted by Crippen LogP contribution is 2.24. The van der Waals surface area contributed by atoms with Gasteiger partial charge in [-0.25, -0.2) is 0 Å². The van der Waals surface area contributed by atoms with Crippen LogP contribution in [0.2, 0.25) is 5.02 Å². The van der Waals surface area contributed by atoms with Crippen LogP contribution in [0.4, 0.5) is 0 Å². The van der Waals surface area contributed by atoms with Crippen LogP contribution < -0.4 is 10.1 Å². The van der Waals surface area contributed by atoms with E-state index in [-0.39, 0.29) is 5.91 Å². The molecule has 0 aromatic heterocycles. The van der Waals surface area contributed by atoms with Crippen molar-refractivity contribution in [2.45, 2.75) is 40.3 Å². The normalized spacial score (nSPS) is 11.9. The number of nitrogens with one attached hydrogen (secondary N) is 1. The monoisotopic (exact) mass is 331 g/mol. The number of hydrogen-bond acceptors (Lipinski definition) is 2. The van der Waals surface area contributed by atoms with Crippen LogP contribution in [0.15, 0.2) is 36.4 Å². The van der Waals surface area contributed by atoms with Gasteiger partial charge < -0.3 is 10.1 Å². The van der Waals surface area contributed by atoms with E-state index in [0.29, 0.717) is 11.6 Å². The van der Waals surface area contributed by atoms with Crippen LogP contribution in [0.3, 0.4) is 0 Å². The Hall–Kier alpha value is -2.00. The minimum atomic E-state index is -0.554. The summed E-state index contributed by atoms with van der Waals surface area (Å²) in [6, 6.07) is 11.5. The third kappa shape index (κ3) is 4.73. The van der Waals surface area contributed by atoms with Gasteiger partial charge in [-0.1, -0.05) is 29.8 Å². The number of aryl methyl sites for hydroxylation is 2. The summed E-state index contributed by atoms with van der Waals surface area (Å²) in [7, 11) is 0. The zero-order valence-electron chi connectivity index (χ0n) is 13.9. The molecule has 2 aromatic rings. The second-order valence-electron chi connectivity index (χ2n) is 5.81.